The van der Waals surface area contributed by atoms with Crippen LogP contribution in [0.4, 0.5) is 0 Å². The number of benzene rings is 1. The average molecular weight is 233 g/mol. The molecule has 1 heterocycles. The molecule has 0 saturated carbocycles. The van der Waals surface area contributed by atoms with Crippen molar-refractivity contribution in [2.45, 2.75) is 33.2 Å². The molecule has 1 aliphatic heterocycles. The molecule has 17 heavy (non-hydrogen) atoms. The quantitative estimate of drug-likeness (QED) is 0.790. The minimum absolute atomic E-state index is 0.779. The van der Waals surface area contributed by atoms with Crippen LogP contribution in [0, 0.1) is 19.8 Å². The minimum Gasteiger partial charge on any atom is -0.381 e. The number of hydrogen-bond donors (Lipinski definition) is 1. The van der Waals surface area contributed by atoms with Crippen LogP contribution < -0.4 is 5.32 Å². The molecule has 1 aromatic rings. The molecule has 0 aromatic heterocycles. The molecule has 0 amide bonds. The van der Waals surface area contributed by atoms with Crippen LogP contribution in [0.25, 0.3) is 0 Å². The van der Waals surface area contributed by atoms with Gasteiger partial charge in [0, 0.05) is 19.8 Å². The molecule has 94 valence electrons. The molecule has 0 bridgehead atoms. The molecule has 1 unspecified atom stereocenters. The third-order valence-corrected chi connectivity index (χ3v) is 3.57. The van der Waals surface area contributed by atoms with Crippen molar-refractivity contribution in [2.24, 2.45) is 5.92 Å². The number of nitrogens with one attached hydrogen (secondary N) is 1. The molecule has 1 fully saturated rings. The van der Waals surface area contributed by atoms with E-state index >= 15 is 0 Å². The minimum atomic E-state index is 0.779. The molecule has 1 saturated heterocycles. The van der Waals surface area contributed by atoms with E-state index in [2.05, 4.69) is 37.4 Å². The van der Waals surface area contributed by atoms with Crippen molar-refractivity contribution >= 4 is 0 Å². The first-order chi connectivity index (χ1) is 8.25. The second kappa shape index (κ2) is 6.18. The Hall–Kier alpha value is -0.860. The first-order valence-corrected chi connectivity index (χ1v) is 6.60. The van der Waals surface area contributed by atoms with Gasteiger partial charge in [-0.15, -0.1) is 0 Å². The Morgan fingerprint density at radius 1 is 1.35 bits per heavy atom. The van der Waals surface area contributed by atoms with Gasteiger partial charge in [0.25, 0.3) is 0 Å². The maximum absolute atomic E-state index is 5.38. The fraction of sp³-hybridized carbons (Fsp3) is 0.600. The summed E-state index contributed by atoms with van der Waals surface area (Å²) >= 11 is 0. The lowest BCUT2D eigenvalue weighted by atomic mass is 10.0. The van der Waals surface area contributed by atoms with Crippen LogP contribution in [0.3, 0.4) is 0 Å². The van der Waals surface area contributed by atoms with Crippen molar-refractivity contribution in [1.29, 1.82) is 0 Å². The molecular formula is C15H23NO. The third kappa shape index (κ3) is 3.83. The van der Waals surface area contributed by atoms with Crippen molar-refractivity contribution in [3.05, 3.63) is 34.9 Å². The van der Waals surface area contributed by atoms with Gasteiger partial charge < -0.3 is 10.1 Å². The van der Waals surface area contributed by atoms with E-state index in [0.717, 1.165) is 32.2 Å². The van der Waals surface area contributed by atoms with Crippen LogP contribution in [0.15, 0.2) is 18.2 Å². The summed E-state index contributed by atoms with van der Waals surface area (Å²) in [5.41, 5.74) is 4.15. The smallest absolute Gasteiger partial charge is 0.0495 e. The SMILES string of the molecule is Cc1ccc(CNCCC2CCOC2)c(C)c1. The maximum Gasteiger partial charge on any atom is 0.0495 e. The summed E-state index contributed by atoms with van der Waals surface area (Å²) in [6.45, 7) is 8.34. The van der Waals surface area contributed by atoms with Gasteiger partial charge in [0.1, 0.15) is 0 Å². The fourth-order valence-corrected chi connectivity index (χ4v) is 2.38. The van der Waals surface area contributed by atoms with Crippen LogP contribution in [-0.2, 0) is 11.3 Å². The molecular weight excluding hydrogens is 210 g/mol. The van der Waals surface area contributed by atoms with Crippen LogP contribution in [-0.4, -0.2) is 19.8 Å². The molecule has 0 aliphatic carbocycles. The van der Waals surface area contributed by atoms with E-state index in [1.165, 1.54) is 29.5 Å². The third-order valence-electron chi connectivity index (χ3n) is 3.57. The van der Waals surface area contributed by atoms with Crippen LogP contribution in [0.5, 0.6) is 0 Å². The van der Waals surface area contributed by atoms with Crippen molar-refractivity contribution in [2.75, 3.05) is 19.8 Å². The Kier molecular flexibility index (Phi) is 4.57. The lowest BCUT2D eigenvalue weighted by Gasteiger charge is -2.10. The molecule has 0 spiro atoms. The fourth-order valence-electron chi connectivity index (χ4n) is 2.38. The summed E-state index contributed by atoms with van der Waals surface area (Å²) in [6, 6.07) is 6.67. The molecule has 1 aromatic carbocycles. The van der Waals surface area contributed by atoms with Gasteiger partial charge in [0.05, 0.1) is 0 Å². The number of aryl methyl sites for hydroxylation is 2. The summed E-state index contributed by atoms with van der Waals surface area (Å²) in [5, 5.41) is 3.53. The zero-order valence-corrected chi connectivity index (χ0v) is 11.0. The topological polar surface area (TPSA) is 21.3 Å². The second-order valence-corrected chi connectivity index (χ2v) is 5.13. The Balaban J connectivity index is 1.70. The van der Waals surface area contributed by atoms with E-state index in [1.807, 2.05) is 0 Å². The van der Waals surface area contributed by atoms with Gasteiger partial charge in [-0.25, -0.2) is 0 Å². The van der Waals surface area contributed by atoms with Crippen molar-refractivity contribution < 1.29 is 4.74 Å². The molecule has 2 rings (SSSR count). The predicted octanol–water partition coefficient (Wildman–Crippen LogP) is 2.82. The van der Waals surface area contributed by atoms with Crippen LogP contribution >= 0.6 is 0 Å². The molecule has 1 aliphatic rings. The van der Waals surface area contributed by atoms with Gasteiger partial charge in [-0.2, -0.15) is 0 Å². The van der Waals surface area contributed by atoms with E-state index in [-0.39, 0.29) is 0 Å². The van der Waals surface area contributed by atoms with E-state index < -0.39 is 0 Å². The number of hydrogen-bond acceptors (Lipinski definition) is 2. The number of rotatable bonds is 5. The van der Waals surface area contributed by atoms with Gasteiger partial charge in [0.15, 0.2) is 0 Å². The molecule has 2 nitrogen and oxygen atoms in total. The molecule has 1 atom stereocenters. The summed E-state index contributed by atoms with van der Waals surface area (Å²) in [6.07, 6.45) is 2.48. The Morgan fingerprint density at radius 3 is 2.94 bits per heavy atom. The van der Waals surface area contributed by atoms with E-state index in [9.17, 15) is 0 Å². The van der Waals surface area contributed by atoms with E-state index in [4.69, 9.17) is 4.74 Å². The summed E-state index contributed by atoms with van der Waals surface area (Å²) in [4.78, 5) is 0. The van der Waals surface area contributed by atoms with Gasteiger partial charge in [-0.3, -0.25) is 0 Å². The lowest BCUT2D eigenvalue weighted by Crippen LogP contribution is -2.18. The Labute approximate surface area is 104 Å². The van der Waals surface area contributed by atoms with Crippen LogP contribution in [0.2, 0.25) is 0 Å². The first-order valence-electron chi connectivity index (χ1n) is 6.60. The Bertz CT molecular complexity index is 356. The Morgan fingerprint density at radius 2 is 2.24 bits per heavy atom. The van der Waals surface area contributed by atoms with Crippen molar-refractivity contribution in [3.8, 4) is 0 Å². The maximum atomic E-state index is 5.38. The van der Waals surface area contributed by atoms with Gasteiger partial charge in [0.2, 0.25) is 0 Å². The monoisotopic (exact) mass is 233 g/mol. The van der Waals surface area contributed by atoms with Crippen LogP contribution in [0.1, 0.15) is 29.5 Å². The summed E-state index contributed by atoms with van der Waals surface area (Å²) < 4.78 is 5.38. The zero-order valence-electron chi connectivity index (χ0n) is 11.0. The highest BCUT2D eigenvalue weighted by Gasteiger charge is 2.14. The normalized spacial score (nSPS) is 19.8. The van der Waals surface area contributed by atoms with Crippen molar-refractivity contribution in [3.63, 3.8) is 0 Å². The van der Waals surface area contributed by atoms with E-state index in [0.29, 0.717) is 0 Å². The molecule has 0 radical (unpaired) electrons. The molecule has 1 N–H and O–H groups in total. The second-order valence-electron chi connectivity index (χ2n) is 5.13. The van der Waals surface area contributed by atoms with E-state index in [1.54, 1.807) is 0 Å². The highest BCUT2D eigenvalue weighted by Crippen LogP contribution is 2.15. The zero-order chi connectivity index (χ0) is 12.1. The standard InChI is InChI=1S/C15H23NO/c1-12-3-4-15(13(2)9-12)10-16-7-5-14-6-8-17-11-14/h3-4,9,14,16H,5-8,10-11H2,1-2H3. The largest absolute Gasteiger partial charge is 0.381 e. The summed E-state index contributed by atoms with van der Waals surface area (Å²) in [5.74, 6) is 0.779. The van der Waals surface area contributed by atoms with Crippen molar-refractivity contribution in [1.82, 2.24) is 5.32 Å². The first kappa shape index (κ1) is 12.6. The average Bonchev–Trinajstić information content (AvgIpc) is 2.79. The predicted molar refractivity (Wildman–Crippen MR) is 71.2 cm³/mol. The highest BCUT2D eigenvalue weighted by molar-refractivity contribution is 5.30. The van der Waals surface area contributed by atoms with Gasteiger partial charge in [-0.05, 0) is 50.3 Å². The molecule has 2 heteroatoms. The van der Waals surface area contributed by atoms with Gasteiger partial charge >= 0.3 is 0 Å². The summed E-state index contributed by atoms with van der Waals surface area (Å²) in [7, 11) is 0. The lowest BCUT2D eigenvalue weighted by molar-refractivity contribution is 0.184. The number of ether oxygens (including phenoxy) is 1. The highest BCUT2D eigenvalue weighted by atomic mass is 16.5. The van der Waals surface area contributed by atoms with Gasteiger partial charge in [-0.1, -0.05) is 23.8 Å².